The van der Waals surface area contributed by atoms with Crippen LogP contribution in [0, 0.1) is 24.3 Å². The average molecular weight is 1760 g/mol. The molecule has 0 N–H and O–H groups in total. The van der Waals surface area contributed by atoms with E-state index in [0.29, 0.717) is 6.04 Å². The SMILES string of the molecule is C#CC[Si](C)(C)C=C.C#C[Si](C)(C=C)CC.C=CC[Si](C)(CC=C)CC=C.C=CC[Si](C)(CC=C)CCC.C=C[Si](C)(C)C=C.C=C[Si](C)(C=C)C(C(F)(F)F)C(F)(F)F.C=C[Si](C)(C=C)C(C)C(F)(F)F.C=C[Si](C)(C=C)C=C.C=C[Si](C)(C=C)CC(F)(F)F.C=C[Si](C)(C=C)CCC(F)F.C=C[Si](C=C)(C=C)C=C. The van der Waals surface area contributed by atoms with Crippen LogP contribution >= 0.6 is 0 Å². The second-order valence-electron chi connectivity index (χ2n) is 29.4. The quantitative estimate of drug-likeness (QED) is 0.0249. The van der Waals surface area contributed by atoms with Crippen molar-refractivity contribution in [3.05, 3.63) is 297 Å². The third-order valence-corrected chi connectivity index (χ3v) is 53.0. The van der Waals surface area contributed by atoms with E-state index in [2.05, 4.69) is 248 Å². The van der Waals surface area contributed by atoms with E-state index in [1.54, 1.807) is 24.5 Å². The van der Waals surface area contributed by atoms with Crippen molar-refractivity contribution in [3.63, 3.8) is 0 Å². The summed E-state index contributed by atoms with van der Waals surface area (Å²) in [6.07, 6.45) is 0.851. The highest BCUT2D eigenvalue weighted by Gasteiger charge is 2.64. The molecule has 0 heterocycles. The van der Waals surface area contributed by atoms with Gasteiger partial charge in [0, 0.05) is 18.5 Å². The maximum absolute atomic E-state index is 12.3. The van der Waals surface area contributed by atoms with Crippen LogP contribution in [0.15, 0.2) is 297 Å². The highest BCUT2D eigenvalue weighted by molar-refractivity contribution is 6.97. The zero-order chi connectivity index (χ0) is 91.1. The van der Waals surface area contributed by atoms with E-state index >= 15 is 0 Å². The van der Waals surface area contributed by atoms with Gasteiger partial charge in [0.1, 0.15) is 45.9 Å². The first-order valence-corrected chi connectivity index (χ1v) is 67.6. The van der Waals surface area contributed by atoms with Crippen molar-refractivity contribution in [2.24, 2.45) is 0 Å². The molecule has 0 rings (SSSR count). The van der Waals surface area contributed by atoms with Gasteiger partial charge < -0.3 is 0 Å². The van der Waals surface area contributed by atoms with E-state index in [4.69, 9.17) is 12.8 Å². The van der Waals surface area contributed by atoms with Crippen LogP contribution in [-0.2, 0) is 0 Å². The number of halogens is 14. The van der Waals surface area contributed by atoms with Gasteiger partial charge in [0.25, 0.3) is 0 Å². The molecular formula is C86H146F14Si11. The monoisotopic (exact) mass is 1750 g/mol. The summed E-state index contributed by atoms with van der Waals surface area (Å²) in [6.45, 7) is 116. The fourth-order valence-electron chi connectivity index (χ4n) is 7.72. The van der Waals surface area contributed by atoms with Gasteiger partial charge in [-0.25, -0.2) is 8.78 Å². The second kappa shape index (κ2) is 64.5. The molecule has 2 unspecified atom stereocenters. The first-order chi connectivity index (χ1) is 50.3. The minimum atomic E-state index is -5.32. The van der Waals surface area contributed by atoms with Crippen molar-refractivity contribution >= 4 is 88.8 Å². The third-order valence-electron chi connectivity index (χ3n) is 18.3. The van der Waals surface area contributed by atoms with Crippen LogP contribution in [0.2, 0.25) is 150 Å². The molecule has 0 bridgehead atoms. The number of allylic oxidation sites excluding steroid dienone is 5. The van der Waals surface area contributed by atoms with Gasteiger partial charge >= 0.3 is 24.7 Å². The van der Waals surface area contributed by atoms with Gasteiger partial charge in [-0.1, -0.05) is 245 Å². The van der Waals surface area contributed by atoms with Gasteiger partial charge in [-0.2, -0.15) is 52.7 Å². The molecule has 0 aromatic heterocycles. The summed E-state index contributed by atoms with van der Waals surface area (Å²) in [5.41, 5.74) is 30.3. The van der Waals surface area contributed by atoms with Gasteiger partial charge in [0.05, 0.1) is 45.9 Å². The Kier molecular flexibility index (Phi) is 74.9. The first-order valence-electron chi connectivity index (χ1n) is 35.9. The second-order valence-corrected chi connectivity index (χ2v) is 77.3. The van der Waals surface area contributed by atoms with Crippen LogP contribution in [0.25, 0.3) is 0 Å². The molecule has 0 nitrogen and oxygen atoms in total. The lowest BCUT2D eigenvalue weighted by Crippen LogP contribution is -2.48. The summed E-state index contributed by atoms with van der Waals surface area (Å²) < 4.78 is 170. The van der Waals surface area contributed by atoms with E-state index in [1.165, 1.54) is 72.4 Å². The Morgan fingerprint density at radius 2 is 0.685 bits per heavy atom. The number of alkyl halides is 14. The molecule has 25 heteroatoms. The van der Waals surface area contributed by atoms with E-state index in [1.807, 2.05) is 87.5 Å². The Bertz CT molecular complexity index is 2790. The molecule has 0 aliphatic carbocycles. The van der Waals surface area contributed by atoms with Crippen LogP contribution in [0.3, 0.4) is 0 Å². The smallest absolute Gasteiger partial charge is 0.211 e. The lowest BCUT2D eigenvalue weighted by molar-refractivity contribution is -0.232. The maximum atomic E-state index is 12.3. The van der Waals surface area contributed by atoms with E-state index in [9.17, 15) is 61.5 Å². The molecule has 0 aromatic carbocycles. The van der Waals surface area contributed by atoms with Crippen LogP contribution in [-0.4, -0.2) is 120 Å². The lowest BCUT2D eigenvalue weighted by atomic mass is 10.4. The van der Waals surface area contributed by atoms with Crippen LogP contribution < -0.4 is 0 Å². The minimum absolute atomic E-state index is 0.0270. The largest absolute Gasteiger partial charge is 0.398 e. The number of rotatable bonds is 39. The molecule has 632 valence electrons. The molecule has 111 heavy (non-hydrogen) atoms. The fourth-order valence-corrected chi connectivity index (χ4v) is 22.8. The van der Waals surface area contributed by atoms with Gasteiger partial charge in [0.15, 0.2) is 8.07 Å². The first kappa shape index (κ1) is 129. The molecule has 0 saturated carbocycles. The maximum Gasteiger partial charge on any atom is 0.398 e. The Morgan fingerprint density at radius 1 is 0.369 bits per heavy atom. The van der Waals surface area contributed by atoms with Crippen molar-refractivity contribution < 1.29 is 61.5 Å². The summed E-state index contributed by atoms with van der Waals surface area (Å²) in [5.74, 6) is 2.65. The van der Waals surface area contributed by atoms with Gasteiger partial charge in [0.2, 0.25) is 6.43 Å². The molecule has 0 amide bonds. The van der Waals surface area contributed by atoms with Crippen molar-refractivity contribution in [3.8, 4) is 24.3 Å². The molecule has 0 radical (unpaired) electrons. The van der Waals surface area contributed by atoms with Crippen molar-refractivity contribution in [1.29, 1.82) is 0 Å². The van der Waals surface area contributed by atoms with Crippen molar-refractivity contribution in [1.82, 2.24) is 0 Å². The number of terminal acetylenes is 2. The highest BCUT2D eigenvalue weighted by Crippen LogP contribution is 2.50. The molecule has 0 aromatic rings. The Labute approximate surface area is 681 Å². The summed E-state index contributed by atoms with van der Waals surface area (Å²) in [5, 5.41) is 0. The standard InChI is InChI=1S/C10H20Si.C10H18Si.C8H10F6Si.C8H13F3Si.C8H14F2Si.C8H12Si.C7H11F3Si.3C7H12Si.C6H12Si/c2*1-5-8-11(4,9-6-2)10-7-3;1-4-15(3,5-2)6(7(9,10)11)8(12,13)14;1-5-12(4,6-2)7(3)8(9,10)11;1-4-11(3,5-2)7-6-8(9)10;1-5-9(6-2,7-3)8-4;1-4-11(3,5-2)6-7(8,9)10;1-5-7-8(3,4)6-2;2*1-5-8(4,6-2)7-3;1-5-7(3,4)6-2/h5-6H,1-2,7-10H2,3-4H3;5-7H,1-3,8-10H2,4H3;4-6H,1-2H2,3H3;5-7H,1-2H2,3-4H3;4-5,8H,1-2,6-7H2,3H3;5-8H,1-4H2;4-5H,1-2,6H2,3H3;1,6H,2,7H2,3-4H3;5-7H,1-3H2,4H3;1,6H,2,7H2,3-4H3;5-6H,1-2H2,3-4H3. The molecular weight excluding hydrogens is 1610 g/mol. The summed E-state index contributed by atoms with van der Waals surface area (Å²) in [6, 6.07) is 9.22. The third kappa shape index (κ3) is 67.3. The fraction of sp³-hybridized carbons (Fsp3) is 0.395. The van der Waals surface area contributed by atoms with Crippen molar-refractivity contribution in [2.45, 2.75) is 215 Å². The highest BCUT2D eigenvalue weighted by atomic mass is 28.3. The zero-order valence-electron chi connectivity index (χ0n) is 71.0. The van der Waals surface area contributed by atoms with E-state index in [0.717, 1.165) is 30.0 Å². The zero-order valence-corrected chi connectivity index (χ0v) is 82.0. The van der Waals surface area contributed by atoms with Crippen LogP contribution in [0.5, 0.6) is 0 Å². The Morgan fingerprint density at radius 3 is 0.793 bits per heavy atom. The number of hydrogen-bond donors (Lipinski definition) is 0. The van der Waals surface area contributed by atoms with Crippen LogP contribution in [0.1, 0.15) is 33.6 Å². The Balaban J connectivity index is -0.000000111. The van der Waals surface area contributed by atoms with Crippen LogP contribution in [0.4, 0.5) is 61.5 Å². The van der Waals surface area contributed by atoms with Gasteiger partial charge in [-0.15, -0.1) is 188 Å². The predicted molar refractivity (Wildman–Crippen MR) is 508 cm³/mol. The molecule has 2 atom stereocenters. The summed E-state index contributed by atoms with van der Waals surface area (Å²) in [7, 11) is -19.3. The normalized spacial score (nSPS) is 12.2. The Hall–Kier alpha value is -5.71. The predicted octanol–water partition coefficient (Wildman–Crippen LogP) is 32.0. The minimum Gasteiger partial charge on any atom is -0.211 e. The van der Waals surface area contributed by atoms with Crippen molar-refractivity contribution in [2.75, 3.05) is 0 Å². The summed E-state index contributed by atoms with van der Waals surface area (Å²) >= 11 is 0. The van der Waals surface area contributed by atoms with Gasteiger partial charge in [-0.05, 0) is 42.3 Å². The molecule has 0 saturated heterocycles. The van der Waals surface area contributed by atoms with E-state index < -0.39 is 137 Å². The molecule has 0 aliphatic heterocycles. The lowest BCUT2D eigenvalue weighted by Gasteiger charge is -2.33. The average Bonchev–Trinajstić information content (AvgIpc) is 0.777. The number of hydrogen-bond acceptors (Lipinski definition) is 0. The summed E-state index contributed by atoms with van der Waals surface area (Å²) in [4.78, 5) is 0. The molecule has 0 fully saturated rings. The molecule has 0 spiro atoms. The topological polar surface area (TPSA) is 0 Å². The van der Waals surface area contributed by atoms with E-state index in [-0.39, 0.29) is 6.42 Å². The molecule has 0 aliphatic rings. The van der Waals surface area contributed by atoms with Gasteiger partial charge in [-0.3, -0.25) is 0 Å².